The van der Waals surface area contributed by atoms with Gasteiger partial charge in [0.2, 0.25) is 0 Å². The van der Waals surface area contributed by atoms with Gasteiger partial charge in [-0.2, -0.15) is 0 Å². The average Bonchev–Trinajstić information content (AvgIpc) is 2.92. The zero-order chi connectivity index (χ0) is 17.7. The van der Waals surface area contributed by atoms with Crippen molar-refractivity contribution in [3.05, 3.63) is 23.8 Å². The molecule has 3 fully saturated rings. The molecule has 0 radical (unpaired) electrons. The van der Waals surface area contributed by atoms with Crippen LogP contribution >= 0.6 is 0 Å². The molecule has 0 amide bonds. The van der Waals surface area contributed by atoms with Gasteiger partial charge in [-0.3, -0.25) is 0 Å². The minimum absolute atomic E-state index is 0.0153. The lowest BCUT2D eigenvalue weighted by Crippen LogP contribution is -2.57. The number of esters is 1. The van der Waals surface area contributed by atoms with E-state index in [4.69, 9.17) is 4.74 Å². The van der Waals surface area contributed by atoms with Crippen LogP contribution in [0.15, 0.2) is 23.8 Å². The van der Waals surface area contributed by atoms with E-state index in [9.17, 15) is 15.0 Å². The molecule has 2 aliphatic carbocycles. The fourth-order valence-electron chi connectivity index (χ4n) is 5.41. The van der Waals surface area contributed by atoms with Gasteiger partial charge in [0.25, 0.3) is 0 Å². The molecule has 0 spiro atoms. The molecule has 24 heavy (non-hydrogen) atoms. The van der Waals surface area contributed by atoms with Crippen LogP contribution in [0.25, 0.3) is 0 Å². The Hall–Kier alpha value is -1.13. The SMILES string of the molecule is C=C1[C@@H](O)C[C@H]2C(C)(C)[C@@H](O)CC[C@]2(C)[C@H]1C/C=C1\CCOC1=O. The van der Waals surface area contributed by atoms with Gasteiger partial charge >= 0.3 is 5.97 Å². The van der Waals surface area contributed by atoms with Crippen LogP contribution in [0.1, 0.15) is 52.9 Å². The standard InChI is InChI=1S/C20H30O4/c1-12-14(6-5-13-8-10-24-18(13)23)20(4)9-7-17(22)19(2,3)16(20)11-15(12)21/h5,14-17,21-22H,1,6-11H2,2-4H3/b13-5+/t14-,15-,16-,17-,20+/m0/s1. The van der Waals surface area contributed by atoms with Crippen LogP contribution in [-0.2, 0) is 9.53 Å². The van der Waals surface area contributed by atoms with Gasteiger partial charge in [0.15, 0.2) is 0 Å². The maximum absolute atomic E-state index is 11.7. The molecule has 2 N–H and O–H groups in total. The van der Waals surface area contributed by atoms with E-state index < -0.39 is 6.10 Å². The Morgan fingerprint density at radius 3 is 2.67 bits per heavy atom. The van der Waals surface area contributed by atoms with Crippen molar-refractivity contribution in [3.8, 4) is 0 Å². The highest BCUT2D eigenvalue weighted by Crippen LogP contribution is 2.61. The largest absolute Gasteiger partial charge is 0.462 e. The number of carbonyl (C=O) groups is 1. The second kappa shape index (κ2) is 5.99. The first-order chi connectivity index (χ1) is 11.2. The van der Waals surface area contributed by atoms with Crippen molar-refractivity contribution in [1.82, 2.24) is 0 Å². The van der Waals surface area contributed by atoms with Crippen molar-refractivity contribution < 1.29 is 19.7 Å². The molecular formula is C20H30O4. The third-order valence-corrected chi connectivity index (χ3v) is 7.11. The number of aliphatic hydroxyl groups excluding tert-OH is 2. The van der Waals surface area contributed by atoms with E-state index >= 15 is 0 Å². The molecule has 3 rings (SSSR count). The summed E-state index contributed by atoms with van der Waals surface area (Å²) in [4.78, 5) is 11.7. The van der Waals surface area contributed by atoms with Gasteiger partial charge in [-0.25, -0.2) is 4.79 Å². The Bertz CT molecular complexity index is 576. The number of ether oxygens (including phenoxy) is 1. The summed E-state index contributed by atoms with van der Waals surface area (Å²) >= 11 is 0. The first-order valence-corrected chi connectivity index (χ1v) is 9.09. The summed E-state index contributed by atoms with van der Waals surface area (Å²) in [5.74, 6) is 0.144. The Kier molecular flexibility index (Phi) is 4.42. The first-order valence-electron chi connectivity index (χ1n) is 9.09. The molecule has 1 heterocycles. The van der Waals surface area contributed by atoms with Gasteiger partial charge in [-0.15, -0.1) is 0 Å². The van der Waals surface area contributed by atoms with E-state index in [1.54, 1.807) is 0 Å². The van der Waals surface area contributed by atoms with Gasteiger partial charge < -0.3 is 14.9 Å². The fraction of sp³-hybridized carbons (Fsp3) is 0.750. The summed E-state index contributed by atoms with van der Waals surface area (Å²) < 4.78 is 5.02. The molecule has 4 nitrogen and oxygen atoms in total. The molecule has 3 aliphatic rings. The Labute approximate surface area is 144 Å². The molecule has 0 aromatic carbocycles. The normalized spacial score (nSPS) is 43.6. The van der Waals surface area contributed by atoms with E-state index in [2.05, 4.69) is 27.4 Å². The quantitative estimate of drug-likeness (QED) is 0.463. The number of rotatable bonds is 2. The molecule has 0 unspecified atom stereocenters. The van der Waals surface area contributed by atoms with Crippen molar-refractivity contribution in [3.63, 3.8) is 0 Å². The number of hydrogen-bond donors (Lipinski definition) is 2. The summed E-state index contributed by atoms with van der Waals surface area (Å²) in [7, 11) is 0. The number of cyclic esters (lactones) is 1. The summed E-state index contributed by atoms with van der Waals surface area (Å²) in [6, 6.07) is 0. The molecule has 1 saturated heterocycles. The average molecular weight is 334 g/mol. The summed E-state index contributed by atoms with van der Waals surface area (Å²) in [6.45, 7) is 11.2. The predicted octanol–water partition coefficient (Wildman–Crippen LogP) is 2.99. The van der Waals surface area contributed by atoms with Crippen molar-refractivity contribution in [1.29, 1.82) is 0 Å². The van der Waals surface area contributed by atoms with Crippen molar-refractivity contribution >= 4 is 5.97 Å². The fourth-order valence-corrected chi connectivity index (χ4v) is 5.41. The topological polar surface area (TPSA) is 66.8 Å². The van der Waals surface area contributed by atoms with Crippen LogP contribution in [0.2, 0.25) is 0 Å². The zero-order valence-electron chi connectivity index (χ0n) is 15.0. The Balaban J connectivity index is 1.91. The molecular weight excluding hydrogens is 304 g/mol. The first kappa shape index (κ1) is 17.7. The van der Waals surface area contributed by atoms with Gasteiger partial charge in [0, 0.05) is 12.0 Å². The van der Waals surface area contributed by atoms with Crippen LogP contribution in [0.3, 0.4) is 0 Å². The van der Waals surface area contributed by atoms with Gasteiger partial charge in [0.1, 0.15) is 0 Å². The summed E-state index contributed by atoms with van der Waals surface area (Å²) in [5, 5.41) is 21.1. The molecule has 2 saturated carbocycles. The van der Waals surface area contributed by atoms with Crippen molar-refractivity contribution in [2.24, 2.45) is 22.7 Å². The van der Waals surface area contributed by atoms with Crippen LogP contribution in [0, 0.1) is 22.7 Å². The van der Waals surface area contributed by atoms with Crippen LogP contribution in [0.5, 0.6) is 0 Å². The lowest BCUT2D eigenvalue weighted by atomic mass is 9.46. The smallest absolute Gasteiger partial charge is 0.333 e. The molecule has 0 aromatic heterocycles. The van der Waals surface area contributed by atoms with Gasteiger partial charge in [0.05, 0.1) is 18.8 Å². The minimum Gasteiger partial charge on any atom is -0.462 e. The van der Waals surface area contributed by atoms with Crippen LogP contribution < -0.4 is 0 Å². The maximum Gasteiger partial charge on any atom is 0.333 e. The number of hydrogen-bond acceptors (Lipinski definition) is 4. The number of aliphatic hydroxyl groups is 2. The van der Waals surface area contributed by atoms with Crippen LogP contribution in [0.4, 0.5) is 0 Å². The third-order valence-electron chi connectivity index (χ3n) is 7.11. The monoisotopic (exact) mass is 334 g/mol. The second-order valence-electron chi connectivity index (χ2n) is 8.66. The van der Waals surface area contributed by atoms with E-state index in [1.165, 1.54) is 0 Å². The molecule has 0 aromatic rings. The summed E-state index contributed by atoms with van der Waals surface area (Å²) in [6.07, 6.45) is 4.86. The molecule has 5 atom stereocenters. The highest BCUT2D eigenvalue weighted by molar-refractivity contribution is 5.90. The number of fused-ring (bicyclic) bond motifs is 1. The van der Waals surface area contributed by atoms with E-state index in [0.717, 1.165) is 24.0 Å². The van der Waals surface area contributed by atoms with Crippen molar-refractivity contribution in [2.75, 3.05) is 6.61 Å². The van der Waals surface area contributed by atoms with E-state index in [-0.39, 0.29) is 34.7 Å². The Morgan fingerprint density at radius 2 is 2.04 bits per heavy atom. The molecule has 0 bridgehead atoms. The van der Waals surface area contributed by atoms with Gasteiger partial charge in [-0.1, -0.05) is 33.4 Å². The zero-order valence-corrected chi connectivity index (χ0v) is 15.0. The van der Waals surface area contributed by atoms with E-state index in [1.807, 2.05) is 6.08 Å². The molecule has 1 aliphatic heterocycles. The van der Waals surface area contributed by atoms with E-state index in [0.29, 0.717) is 25.9 Å². The second-order valence-corrected chi connectivity index (χ2v) is 8.66. The highest BCUT2D eigenvalue weighted by Gasteiger charge is 2.57. The number of allylic oxidation sites excluding steroid dienone is 1. The van der Waals surface area contributed by atoms with Gasteiger partial charge in [-0.05, 0) is 53.9 Å². The predicted molar refractivity (Wildman–Crippen MR) is 92.1 cm³/mol. The Morgan fingerprint density at radius 1 is 1.33 bits per heavy atom. The lowest BCUT2D eigenvalue weighted by Gasteiger charge is -2.60. The minimum atomic E-state index is -0.536. The third kappa shape index (κ3) is 2.64. The summed E-state index contributed by atoms with van der Waals surface area (Å²) in [5.41, 5.74) is 1.38. The molecule has 4 heteroatoms. The number of carbonyl (C=O) groups excluding carboxylic acids is 1. The molecule has 134 valence electrons. The van der Waals surface area contributed by atoms with Crippen molar-refractivity contribution in [2.45, 2.75) is 65.1 Å². The maximum atomic E-state index is 11.7. The van der Waals surface area contributed by atoms with Crippen LogP contribution in [-0.4, -0.2) is 35.0 Å². The highest BCUT2D eigenvalue weighted by atomic mass is 16.5. The lowest BCUT2D eigenvalue weighted by molar-refractivity contribution is -0.139.